The van der Waals surface area contributed by atoms with Gasteiger partial charge in [-0.15, -0.1) is 10.2 Å². The first kappa shape index (κ1) is 13.8. The van der Waals surface area contributed by atoms with Gasteiger partial charge in [0, 0.05) is 19.6 Å². The molecule has 0 spiro atoms. The summed E-state index contributed by atoms with van der Waals surface area (Å²) in [5.41, 5.74) is 0. The Morgan fingerprint density at radius 1 is 1.25 bits per heavy atom. The van der Waals surface area contributed by atoms with Gasteiger partial charge in [0.2, 0.25) is 5.82 Å². The molecule has 1 N–H and O–H groups in total. The molecular formula is C12H18F3N5. The third kappa shape index (κ3) is 2.80. The molecule has 3 rings (SSSR count). The lowest BCUT2D eigenvalue weighted by Gasteiger charge is -2.32. The highest BCUT2D eigenvalue weighted by atomic mass is 19.4. The minimum atomic E-state index is -4.42. The number of nitrogens with zero attached hydrogens (tertiary/aromatic N) is 4. The molecule has 0 saturated carbocycles. The van der Waals surface area contributed by atoms with E-state index in [1.807, 2.05) is 0 Å². The molecule has 1 aromatic heterocycles. The molecule has 0 aromatic carbocycles. The first-order valence-corrected chi connectivity index (χ1v) is 6.96. The van der Waals surface area contributed by atoms with E-state index in [0.29, 0.717) is 31.4 Å². The maximum atomic E-state index is 12.7. The molecule has 5 nitrogen and oxygen atoms in total. The predicted octanol–water partition coefficient (Wildman–Crippen LogP) is 1.11. The van der Waals surface area contributed by atoms with Crippen molar-refractivity contribution >= 4 is 0 Å². The van der Waals surface area contributed by atoms with E-state index in [1.54, 1.807) is 0 Å². The number of hydrogen-bond donors (Lipinski definition) is 1. The molecule has 1 unspecified atom stereocenters. The zero-order chi connectivity index (χ0) is 14.2. The molecule has 2 aliphatic heterocycles. The number of hydrogen-bond acceptors (Lipinski definition) is 4. The van der Waals surface area contributed by atoms with Crippen LogP contribution in [0.25, 0.3) is 0 Å². The molecule has 8 heteroatoms. The second kappa shape index (κ2) is 5.33. The third-order valence-corrected chi connectivity index (χ3v) is 4.00. The van der Waals surface area contributed by atoms with E-state index < -0.39 is 12.0 Å². The van der Waals surface area contributed by atoms with Crippen molar-refractivity contribution in [3.63, 3.8) is 0 Å². The maximum absolute atomic E-state index is 12.7. The molecule has 2 aliphatic rings. The summed E-state index contributed by atoms with van der Waals surface area (Å²) in [5, 5.41) is 10.4. The number of halogens is 3. The van der Waals surface area contributed by atoms with Crippen LogP contribution in [-0.2, 0) is 19.3 Å². The van der Waals surface area contributed by atoms with Crippen molar-refractivity contribution in [2.45, 2.75) is 32.1 Å². The molecule has 0 bridgehead atoms. The van der Waals surface area contributed by atoms with Crippen LogP contribution < -0.4 is 5.32 Å². The van der Waals surface area contributed by atoms with Gasteiger partial charge in [0.15, 0.2) is 0 Å². The van der Waals surface area contributed by atoms with Crippen LogP contribution in [0.1, 0.15) is 24.5 Å². The minimum absolute atomic E-state index is 0.317. The fourth-order valence-electron chi connectivity index (χ4n) is 3.02. The van der Waals surface area contributed by atoms with Gasteiger partial charge in [-0.1, -0.05) is 0 Å². The minimum Gasteiger partial charge on any atom is -0.316 e. The van der Waals surface area contributed by atoms with E-state index in [0.717, 1.165) is 19.6 Å². The number of nitrogens with one attached hydrogen (secondary N) is 1. The van der Waals surface area contributed by atoms with Crippen molar-refractivity contribution in [3.05, 3.63) is 11.6 Å². The molecule has 1 fully saturated rings. The van der Waals surface area contributed by atoms with Gasteiger partial charge >= 0.3 is 6.18 Å². The van der Waals surface area contributed by atoms with Crippen LogP contribution in [0.4, 0.5) is 13.2 Å². The predicted molar refractivity (Wildman–Crippen MR) is 65.9 cm³/mol. The van der Waals surface area contributed by atoms with Gasteiger partial charge < -0.3 is 9.88 Å². The van der Waals surface area contributed by atoms with Gasteiger partial charge in [0.05, 0.1) is 6.54 Å². The Kier molecular flexibility index (Phi) is 3.68. The SMILES string of the molecule is FC(F)(F)c1nnc2n1CCN(CC1CCCNC1)C2. The number of fused-ring (bicyclic) bond motifs is 1. The normalized spacial score (nSPS) is 24.6. The molecule has 0 radical (unpaired) electrons. The van der Waals surface area contributed by atoms with E-state index in [-0.39, 0.29) is 0 Å². The van der Waals surface area contributed by atoms with Crippen LogP contribution in [0.15, 0.2) is 0 Å². The lowest BCUT2D eigenvalue weighted by molar-refractivity contribution is -0.148. The van der Waals surface area contributed by atoms with Gasteiger partial charge in [-0.2, -0.15) is 13.2 Å². The van der Waals surface area contributed by atoms with E-state index in [4.69, 9.17) is 0 Å². The Hall–Kier alpha value is -1.15. The molecule has 20 heavy (non-hydrogen) atoms. The topological polar surface area (TPSA) is 46.0 Å². The summed E-state index contributed by atoms with van der Waals surface area (Å²) in [6.45, 7) is 4.39. The Balaban J connectivity index is 1.65. The summed E-state index contributed by atoms with van der Waals surface area (Å²) in [7, 11) is 0. The molecule has 1 aromatic rings. The number of rotatable bonds is 2. The summed E-state index contributed by atoms with van der Waals surface area (Å²) in [6, 6.07) is 0. The lowest BCUT2D eigenvalue weighted by atomic mass is 9.99. The third-order valence-electron chi connectivity index (χ3n) is 4.00. The Labute approximate surface area is 115 Å². The van der Waals surface area contributed by atoms with E-state index in [9.17, 15) is 13.2 Å². The average molecular weight is 289 g/mol. The van der Waals surface area contributed by atoms with E-state index >= 15 is 0 Å². The van der Waals surface area contributed by atoms with Gasteiger partial charge in [-0.3, -0.25) is 4.90 Å². The van der Waals surface area contributed by atoms with Gasteiger partial charge in [-0.05, 0) is 31.8 Å². The van der Waals surface area contributed by atoms with Gasteiger partial charge in [-0.25, -0.2) is 0 Å². The van der Waals surface area contributed by atoms with Crippen molar-refractivity contribution in [1.29, 1.82) is 0 Å². The molecule has 3 heterocycles. The van der Waals surface area contributed by atoms with Gasteiger partial charge in [0.1, 0.15) is 5.82 Å². The van der Waals surface area contributed by atoms with Crippen molar-refractivity contribution in [2.24, 2.45) is 5.92 Å². The smallest absolute Gasteiger partial charge is 0.316 e. The first-order valence-electron chi connectivity index (χ1n) is 6.96. The molecule has 1 atom stereocenters. The lowest BCUT2D eigenvalue weighted by Crippen LogP contribution is -2.42. The van der Waals surface area contributed by atoms with Crippen LogP contribution >= 0.6 is 0 Å². The Bertz CT molecular complexity index is 464. The van der Waals surface area contributed by atoms with E-state index in [2.05, 4.69) is 20.4 Å². The highest BCUT2D eigenvalue weighted by Gasteiger charge is 2.39. The summed E-state index contributed by atoms with van der Waals surface area (Å²) in [6.07, 6.45) is -2.06. The molecule has 0 amide bonds. The van der Waals surface area contributed by atoms with Crippen LogP contribution in [0.3, 0.4) is 0 Å². The van der Waals surface area contributed by atoms with Crippen molar-refractivity contribution in [2.75, 3.05) is 26.2 Å². The van der Waals surface area contributed by atoms with Crippen molar-refractivity contribution < 1.29 is 13.2 Å². The highest BCUT2D eigenvalue weighted by Crippen LogP contribution is 2.29. The summed E-state index contributed by atoms with van der Waals surface area (Å²) < 4.78 is 39.4. The second-order valence-electron chi connectivity index (χ2n) is 5.54. The van der Waals surface area contributed by atoms with Crippen LogP contribution in [0, 0.1) is 5.92 Å². The monoisotopic (exact) mass is 289 g/mol. The van der Waals surface area contributed by atoms with Crippen LogP contribution in [0.2, 0.25) is 0 Å². The number of aromatic nitrogens is 3. The molecule has 1 saturated heterocycles. The molecule has 0 aliphatic carbocycles. The number of piperidine rings is 1. The summed E-state index contributed by atoms with van der Waals surface area (Å²) in [4.78, 5) is 2.18. The van der Waals surface area contributed by atoms with Crippen LogP contribution in [-0.4, -0.2) is 45.8 Å². The highest BCUT2D eigenvalue weighted by molar-refractivity contribution is 5.02. The molecular weight excluding hydrogens is 271 g/mol. The number of alkyl halides is 3. The maximum Gasteiger partial charge on any atom is 0.451 e. The standard InChI is InChI=1S/C12H18F3N5/c13-12(14,15)11-18-17-10-8-19(4-5-20(10)11)7-9-2-1-3-16-6-9/h9,16H,1-8H2. The van der Waals surface area contributed by atoms with Crippen molar-refractivity contribution in [3.8, 4) is 0 Å². The summed E-state index contributed by atoms with van der Waals surface area (Å²) in [5.74, 6) is 0.138. The van der Waals surface area contributed by atoms with E-state index in [1.165, 1.54) is 17.4 Å². The zero-order valence-corrected chi connectivity index (χ0v) is 11.2. The zero-order valence-electron chi connectivity index (χ0n) is 11.2. The second-order valence-corrected chi connectivity index (χ2v) is 5.54. The van der Waals surface area contributed by atoms with Crippen molar-refractivity contribution in [1.82, 2.24) is 25.0 Å². The fourth-order valence-corrected chi connectivity index (χ4v) is 3.02. The summed E-state index contributed by atoms with van der Waals surface area (Å²) >= 11 is 0. The largest absolute Gasteiger partial charge is 0.451 e. The Morgan fingerprint density at radius 3 is 2.80 bits per heavy atom. The molecule has 112 valence electrons. The van der Waals surface area contributed by atoms with Crippen LogP contribution in [0.5, 0.6) is 0 Å². The van der Waals surface area contributed by atoms with Gasteiger partial charge in [0.25, 0.3) is 0 Å². The Morgan fingerprint density at radius 2 is 2.10 bits per heavy atom. The average Bonchev–Trinajstić information content (AvgIpc) is 2.83. The first-order chi connectivity index (χ1) is 9.54. The quantitative estimate of drug-likeness (QED) is 0.886. The fraction of sp³-hybridized carbons (Fsp3) is 0.833.